The van der Waals surface area contributed by atoms with Crippen molar-refractivity contribution in [3.63, 3.8) is 0 Å². The summed E-state index contributed by atoms with van der Waals surface area (Å²) in [5.41, 5.74) is 5.45. The van der Waals surface area contributed by atoms with Gasteiger partial charge < -0.3 is 10.5 Å². The minimum atomic E-state index is -0.849. The highest BCUT2D eigenvalue weighted by molar-refractivity contribution is 5.79. The van der Waals surface area contributed by atoms with Gasteiger partial charge in [0.25, 0.3) is 0 Å². The maximum atomic E-state index is 11.4. The van der Waals surface area contributed by atoms with Crippen molar-refractivity contribution in [2.24, 2.45) is 17.1 Å². The third-order valence-corrected chi connectivity index (χ3v) is 3.83. The van der Waals surface area contributed by atoms with E-state index in [2.05, 4.69) is 0 Å². The van der Waals surface area contributed by atoms with Crippen molar-refractivity contribution in [1.29, 1.82) is 0 Å². The summed E-state index contributed by atoms with van der Waals surface area (Å²) in [7, 11) is 0. The zero-order chi connectivity index (χ0) is 11.1. The van der Waals surface area contributed by atoms with Crippen molar-refractivity contribution in [3.8, 4) is 0 Å². The van der Waals surface area contributed by atoms with Crippen LogP contribution in [0.2, 0.25) is 0 Å². The van der Waals surface area contributed by atoms with Gasteiger partial charge >= 0.3 is 5.97 Å². The Kier molecular flexibility index (Phi) is 2.53. The highest BCUT2D eigenvalue weighted by Crippen LogP contribution is 2.58. The number of ether oxygens (including phenoxy) is 1. The van der Waals surface area contributed by atoms with Gasteiger partial charge in [0, 0.05) is 0 Å². The Balaban J connectivity index is 1.66. The first kappa shape index (κ1) is 10.9. The van der Waals surface area contributed by atoms with E-state index in [0.717, 1.165) is 0 Å². The van der Waals surface area contributed by atoms with Gasteiger partial charge in [-0.15, -0.1) is 0 Å². The number of carbonyl (C=O) groups is 1. The van der Waals surface area contributed by atoms with E-state index in [4.69, 9.17) is 10.5 Å². The average molecular weight is 211 g/mol. The standard InChI is InChI=1S/C12H21NO2/c1-11(2,13)10(14)15-8-9-6-12(7-9)4-3-5-12/h9H,3-8,13H2,1-2H3. The summed E-state index contributed by atoms with van der Waals surface area (Å²) in [4.78, 5) is 11.4. The second-order valence-electron chi connectivity index (χ2n) is 5.95. The van der Waals surface area contributed by atoms with E-state index >= 15 is 0 Å². The van der Waals surface area contributed by atoms with E-state index in [1.807, 2.05) is 0 Å². The molecule has 0 bridgehead atoms. The molecular formula is C12H21NO2. The Labute approximate surface area is 91.4 Å². The summed E-state index contributed by atoms with van der Waals surface area (Å²) in [6.07, 6.45) is 6.68. The lowest BCUT2D eigenvalue weighted by molar-refractivity contribution is -0.154. The normalized spacial score (nSPS) is 24.5. The lowest BCUT2D eigenvalue weighted by atomic mass is 9.52. The van der Waals surface area contributed by atoms with Crippen LogP contribution in [-0.4, -0.2) is 18.1 Å². The van der Waals surface area contributed by atoms with Crippen LogP contribution in [0.5, 0.6) is 0 Å². The average Bonchev–Trinajstić information content (AvgIpc) is 1.96. The molecule has 0 aromatic rings. The zero-order valence-corrected chi connectivity index (χ0v) is 9.71. The molecule has 2 aliphatic carbocycles. The molecular weight excluding hydrogens is 190 g/mol. The predicted molar refractivity (Wildman–Crippen MR) is 58.2 cm³/mol. The van der Waals surface area contributed by atoms with Gasteiger partial charge in [-0.3, -0.25) is 4.79 Å². The minimum Gasteiger partial charge on any atom is -0.464 e. The number of hydrogen-bond acceptors (Lipinski definition) is 3. The SMILES string of the molecule is CC(C)(N)C(=O)OCC1CC2(CCC2)C1. The lowest BCUT2D eigenvalue weighted by Gasteiger charge is -2.54. The Bertz CT molecular complexity index is 255. The first-order chi connectivity index (χ1) is 6.91. The molecule has 0 aliphatic heterocycles. The molecule has 0 aromatic heterocycles. The molecule has 1 spiro atoms. The van der Waals surface area contributed by atoms with Crippen LogP contribution >= 0.6 is 0 Å². The fourth-order valence-electron chi connectivity index (χ4n) is 2.75. The first-order valence-electron chi connectivity index (χ1n) is 5.87. The summed E-state index contributed by atoms with van der Waals surface area (Å²) in [5, 5.41) is 0. The van der Waals surface area contributed by atoms with E-state index < -0.39 is 5.54 Å². The number of nitrogens with two attached hydrogens (primary N) is 1. The summed E-state index contributed by atoms with van der Waals surface area (Å²) < 4.78 is 5.21. The fourth-order valence-corrected chi connectivity index (χ4v) is 2.75. The quantitative estimate of drug-likeness (QED) is 0.725. The topological polar surface area (TPSA) is 52.3 Å². The van der Waals surface area contributed by atoms with Crippen molar-refractivity contribution >= 4 is 5.97 Å². The molecule has 2 N–H and O–H groups in total. The largest absolute Gasteiger partial charge is 0.464 e. The van der Waals surface area contributed by atoms with Gasteiger partial charge in [0.1, 0.15) is 5.54 Å². The number of esters is 1. The number of rotatable bonds is 3. The maximum absolute atomic E-state index is 11.4. The molecule has 86 valence electrons. The van der Waals surface area contributed by atoms with Crippen molar-refractivity contribution in [1.82, 2.24) is 0 Å². The summed E-state index contributed by atoms with van der Waals surface area (Å²) in [5.74, 6) is 0.314. The zero-order valence-electron chi connectivity index (χ0n) is 9.71. The van der Waals surface area contributed by atoms with Gasteiger partial charge in [-0.05, 0) is 50.9 Å². The van der Waals surface area contributed by atoms with Crippen LogP contribution in [-0.2, 0) is 9.53 Å². The molecule has 0 saturated heterocycles. The van der Waals surface area contributed by atoms with Crippen molar-refractivity contribution < 1.29 is 9.53 Å². The predicted octanol–water partition coefficient (Wildman–Crippen LogP) is 1.85. The number of carbonyl (C=O) groups excluding carboxylic acids is 1. The van der Waals surface area contributed by atoms with Crippen molar-refractivity contribution in [2.75, 3.05) is 6.61 Å². The fraction of sp³-hybridized carbons (Fsp3) is 0.917. The Morgan fingerprint density at radius 2 is 2.07 bits per heavy atom. The lowest BCUT2D eigenvalue weighted by Crippen LogP contribution is -2.47. The van der Waals surface area contributed by atoms with Gasteiger partial charge in [-0.2, -0.15) is 0 Å². The van der Waals surface area contributed by atoms with Crippen LogP contribution in [0.1, 0.15) is 46.0 Å². The van der Waals surface area contributed by atoms with Gasteiger partial charge in [0.15, 0.2) is 0 Å². The molecule has 0 heterocycles. The van der Waals surface area contributed by atoms with E-state index in [0.29, 0.717) is 17.9 Å². The smallest absolute Gasteiger partial charge is 0.325 e. The molecule has 3 nitrogen and oxygen atoms in total. The second kappa shape index (κ2) is 3.48. The van der Waals surface area contributed by atoms with Crippen LogP contribution in [0.4, 0.5) is 0 Å². The molecule has 3 heteroatoms. The van der Waals surface area contributed by atoms with Gasteiger partial charge in [-0.25, -0.2) is 0 Å². The third-order valence-electron chi connectivity index (χ3n) is 3.83. The summed E-state index contributed by atoms with van der Waals surface area (Å²) in [6.45, 7) is 3.94. The van der Waals surface area contributed by atoms with Crippen LogP contribution in [0.3, 0.4) is 0 Å². The maximum Gasteiger partial charge on any atom is 0.325 e. The first-order valence-corrected chi connectivity index (χ1v) is 5.87. The van der Waals surface area contributed by atoms with Gasteiger partial charge in [-0.1, -0.05) is 6.42 Å². The molecule has 0 aromatic carbocycles. The molecule has 0 radical (unpaired) electrons. The molecule has 0 atom stereocenters. The van der Waals surface area contributed by atoms with Crippen LogP contribution in [0, 0.1) is 11.3 Å². The molecule has 15 heavy (non-hydrogen) atoms. The minimum absolute atomic E-state index is 0.281. The van der Waals surface area contributed by atoms with Gasteiger partial charge in [0.2, 0.25) is 0 Å². The molecule has 2 rings (SSSR count). The van der Waals surface area contributed by atoms with Crippen molar-refractivity contribution in [2.45, 2.75) is 51.5 Å². The summed E-state index contributed by atoms with van der Waals surface area (Å²) in [6, 6.07) is 0. The number of hydrogen-bond donors (Lipinski definition) is 1. The van der Waals surface area contributed by atoms with E-state index in [1.54, 1.807) is 13.8 Å². The Morgan fingerprint density at radius 3 is 2.47 bits per heavy atom. The van der Waals surface area contributed by atoms with E-state index in [-0.39, 0.29) is 5.97 Å². The molecule has 2 fully saturated rings. The van der Waals surface area contributed by atoms with E-state index in [1.165, 1.54) is 32.1 Å². The van der Waals surface area contributed by atoms with Crippen LogP contribution in [0.25, 0.3) is 0 Å². The highest BCUT2D eigenvalue weighted by atomic mass is 16.5. The molecule has 2 aliphatic rings. The van der Waals surface area contributed by atoms with Gasteiger partial charge in [0.05, 0.1) is 6.61 Å². The van der Waals surface area contributed by atoms with E-state index in [9.17, 15) is 4.79 Å². The molecule has 0 unspecified atom stereocenters. The second-order valence-corrected chi connectivity index (χ2v) is 5.95. The third kappa shape index (κ3) is 2.17. The summed E-state index contributed by atoms with van der Waals surface area (Å²) >= 11 is 0. The van der Waals surface area contributed by atoms with Crippen LogP contribution < -0.4 is 5.73 Å². The Hall–Kier alpha value is -0.570. The van der Waals surface area contributed by atoms with Crippen LogP contribution in [0.15, 0.2) is 0 Å². The molecule has 0 amide bonds. The van der Waals surface area contributed by atoms with Crippen molar-refractivity contribution in [3.05, 3.63) is 0 Å². The monoisotopic (exact) mass is 211 g/mol. The Morgan fingerprint density at radius 1 is 1.47 bits per heavy atom. The molecule has 2 saturated carbocycles. The highest BCUT2D eigenvalue weighted by Gasteiger charge is 2.48.